The minimum absolute atomic E-state index is 0.617. The topological polar surface area (TPSA) is 0 Å². The summed E-state index contributed by atoms with van der Waals surface area (Å²) < 4.78 is 0. The Morgan fingerprint density at radius 3 is 1.91 bits per heavy atom. The third-order valence-corrected chi connectivity index (χ3v) is 2.17. The SMILES string of the molecule is C=C(C)CC(=C)C(C)C(C)C. The summed E-state index contributed by atoms with van der Waals surface area (Å²) in [5, 5.41) is 0. The van der Waals surface area contributed by atoms with E-state index in [9.17, 15) is 0 Å². The molecule has 1 atom stereocenters. The van der Waals surface area contributed by atoms with Gasteiger partial charge < -0.3 is 0 Å². The molecule has 0 aromatic rings. The van der Waals surface area contributed by atoms with Crippen molar-refractivity contribution in [3.63, 3.8) is 0 Å². The Bertz CT molecular complexity index is 151. The van der Waals surface area contributed by atoms with E-state index in [0.29, 0.717) is 11.8 Å². The largest absolute Gasteiger partial charge is 0.0998 e. The summed E-state index contributed by atoms with van der Waals surface area (Å²) >= 11 is 0. The molecule has 0 fully saturated rings. The van der Waals surface area contributed by atoms with Crippen molar-refractivity contribution in [1.29, 1.82) is 0 Å². The van der Waals surface area contributed by atoms with Gasteiger partial charge in [0, 0.05) is 0 Å². The van der Waals surface area contributed by atoms with Gasteiger partial charge in [-0.1, -0.05) is 45.1 Å². The summed E-state index contributed by atoms with van der Waals surface area (Å²) in [6, 6.07) is 0. The standard InChI is InChI=1S/C11H20/c1-8(2)7-10(5)11(6)9(3)4/h9,11H,1,5,7H2,2-4,6H3. The van der Waals surface area contributed by atoms with E-state index < -0.39 is 0 Å². The molecule has 0 spiro atoms. The highest BCUT2D eigenvalue weighted by molar-refractivity contribution is 5.10. The van der Waals surface area contributed by atoms with E-state index in [0.717, 1.165) is 6.42 Å². The van der Waals surface area contributed by atoms with Gasteiger partial charge >= 0.3 is 0 Å². The first kappa shape index (κ1) is 10.5. The highest BCUT2D eigenvalue weighted by Crippen LogP contribution is 2.22. The molecule has 0 aliphatic carbocycles. The van der Waals surface area contributed by atoms with Crippen molar-refractivity contribution < 1.29 is 0 Å². The highest BCUT2D eigenvalue weighted by atomic mass is 14.2. The van der Waals surface area contributed by atoms with Crippen LogP contribution in [0.1, 0.15) is 34.1 Å². The number of allylic oxidation sites excluding steroid dienone is 2. The van der Waals surface area contributed by atoms with Crippen LogP contribution in [0.4, 0.5) is 0 Å². The summed E-state index contributed by atoms with van der Waals surface area (Å²) in [5.74, 6) is 1.31. The van der Waals surface area contributed by atoms with Gasteiger partial charge in [-0.05, 0) is 25.2 Å². The van der Waals surface area contributed by atoms with Crippen molar-refractivity contribution in [2.24, 2.45) is 11.8 Å². The van der Waals surface area contributed by atoms with E-state index in [4.69, 9.17) is 0 Å². The average Bonchev–Trinajstić information content (AvgIpc) is 1.84. The van der Waals surface area contributed by atoms with Crippen LogP contribution in [0.3, 0.4) is 0 Å². The number of hydrogen-bond donors (Lipinski definition) is 0. The summed E-state index contributed by atoms with van der Waals surface area (Å²) in [6.07, 6.45) is 0.985. The zero-order valence-corrected chi connectivity index (χ0v) is 8.28. The van der Waals surface area contributed by atoms with Crippen LogP contribution >= 0.6 is 0 Å². The van der Waals surface area contributed by atoms with Crippen molar-refractivity contribution in [3.05, 3.63) is 24.3 Å². The zero-order valence-electron chi connectivity index (χ0n) is 8.28. The van der Waals surface area contributed by atoms with Gasteiger partial charge in [0.15, 0.2) is 0 Å². The Labute approximate surface area is 71.0 Å². The van der Waals surface area contributed by atoms with Gasteiger partial charge in [0.1, 0.15) is 0 Å². The molecule has 1 unspecified atom stereocenters. The van der Waals surface area contributed by atoms with E-state index in [-0.39, 0.29) is 0 Å². The second-order valence-electron chi connectivity index (χ2n) is 3.82. The molecule has 0 aromatic carbocycles. The van der Waals surface area contributed by atoms with Gasteiger partial charge in [0.05, 0.1) is 0 Å². The number of rotatable bonds is 4. The maximum atomic E-state index is 4.06. The molecule has 0 nitrogen and oxygen atoms in total. The van der Waals surface area contributed by atoms with Gasteiger partial charge in [-0.2, -0.15) is 0 Å². The van der Waals surface area contributed by atoms with E-state index >= 15 is 0 Å². The second-order valence-corrected chi connectivity index (χ2v) is 3.82. The molecule has 0 aromatic heterocycles. The molecule has 0 rings (SSSR count). The van der Waals surface area contributed by atoms with Crippen LogP contribution < -0.4 is 0 Å². The molecule has 0 aliphatic heterocycles. The van der Waals surface area contributed by atoms with Gasteiger partial charge in [0.25, 0.3) is 0 Å². The van der Waals surface area contributed by atoms with Gasteiger partial charge in [-0.3, -0.25) is 0 Å². The lowest BCUT2D eigenvalue weighted by Crippen LogP contribution is -2.06. The van der Waals surface area contributed by atoms with Crippen LogP contribution in [0, 0.1) is 11.8 Å². The van der Waals surface area contributed by atoms with Crippen LogP contribution in [0.25, 0.3) is 0 Å². The first-order valence-corrected chi connectivity index (χ1v) is 4.27. The maximum Gasteiger partial charge on any atom is -0.0114 e. The van der Waals surface area contributed by atoms with E-state index in [2.05, 4.69) is 40.9 Å². The Morgan fingerprint density at radius 1 is 1.18 bits per heavy atom. The third-order valence-electron chi connectivity index (χ3n) is 2.17. The fourth-order valence-electron chi connectivity index (χ4n) is 1.02. The zero-order chi connectivity index (χ0) is 9.02. The minimum atomic E-state index is 0.617. The smallest absolute Gasteiger partial charge is 0.0114 e. The van der Waals surface area contributed by atoms with Crippen molar-refractivity contribution in [2.75, 3.05) is 0 Å². The van der Waals surface area contributed by atoms with Crippen molar-refractivity contribution in [1.82, 2.24) is 0 Å². The summed E-state index contributed by atoms with van der Waals surface area (Å²) in [7, 11) is 0. The van der Waals surface area contributed by atoms with E-state index in [1.54, 1.807) is 0 Å². The highest BCUT2D eigenvalue weighted by Gasteiger charge is 2.10. The van der Waals surface area contributed by atoms with Crippen LogP contribution in [0.15, 0.2) is 24.3 Å². The summed E-state index contributed by atoms with van der Waals surface area (Å²) in [5.41, 5.74) is 2.52. The molecule has 0 aliphatic rings. The van der Waals surface area contributed by atoms with Gasteiger partial charge in [-0.25, -0.2) is 0 Å². The second kappa shape index (κ2) is 4.38. The first-order chi connectivity index (χ1) is 4.95. The molecule has 0 amide bonds. The van der Waals surface area contributed by atoms with E-state index in [1.807, 2.05) is 0 Å². The lowest BCUT2D eigenvalue weighted by molar-refractivity contribution is 0.473. The Hall–Kier alpha value is -0.520. The van der Waals surface area contributed by atoms with Crippen molar-refractivity contribution in [2.45, 2.75) is 34.1 Å². The monoisotopic (exact) mass is 152 g/mol. The molecule has 0 radical (unpaired) electrons. The molecular formula is C11H20. The lowest BCUT2D eigenvalue weighted by Gasteiger charge is -2.18. The normalized spacial score (nSPS) is 13.2. The molecule has 0 N–H and O–H groups in total. The Kier molecular flexibility index (Phi) is 4.17. The molecule has 0 heterocycles. The molecule has 0 bridgehead atoms. The minimum Gasteiger partial charge on any atom is -0.0998 e. The molecule has 64 valence electrons. The van der Waals surface area contributed by atoms with Crippen molar-refractivity contribution in [3.8, 4) is 0 Å². The lowest BCUT2D eigenvalue weighted by atomic mass is 9.88. The van der Waals surface area contributed by atoms with Crippen LogP contribution in [-0.4, -0.2) is 0 Å². The molecular weight excluding hydrogens is 132 g/mol. The maximum absolute atomic E-state index is 4.06. The van der Waals surface area contributed by atoms with Crippen LogP contribution in [0.5, 0.6) is 0 Å². The van der Waals surface area contributed by atoms with Crippen molar-refractivity contribution >= 4 is 0 Å². The summed E-state index contributed by atoms with van der Waals surface area (Å²) in [6.45, 7) is 16.7. The molecule has 0 heteroatoms. The average molecular weight is 152 g/mol. The predicted molar refractivity (Wildman–Crippen MR) is 52.6 cm³/mol. The fourth-order valence-corrected chi connectivity index (χ4v) is 1.02. The van der Waals surface area contributed by atoms with Crippen LogP contribution in [0.2, 0.25) is 0 Å². The molecule has 0 saturated carbocycles. The first-order valence-electron chi connectivity index (χ1n) is 4.27. The third kappa shape index (κ3) is 4.02. The fraction of sp³-hybridized carbons (Fsp3) is 0.636. The Morgan fingerprint density at radius 2 is 1.64 bits per heavy atom. The predicted octanol–water partition coefficient (Wildman–Crippen LogP) is 3.80. The van der Waals surface area contributed by atoms with Crippen LogP contribution in [-0.2, 0) is 0 Å². The molecule has 11 heavy (non-hydrogen) atoms. The molecule has 0 saturated heterocycles. The van der Waals surface area contributed by atoms with Gasteiger partial charge in [-0.15, -0.1) is 0 Å². The van der Waals surface area contributed by atoms with Gasteiger partial charge in [0.2, 0.25) is 0 Å². The Balaban J connectivity index is 3.93. The number of hydrogen-bond acceptors (Lipinski definition) is 0. The van der Waals surface area contributed by atoms with E-state index in [1.165, 1.54) is 11.1 Å². The quantitative estimate of drug-likeness (QED) is 0.537. The summed E-state index contributed by atoms with van der Waals surface area (Å²) in [4.78, 5) is 0.